The second kappa shape index (κ2) is 10.3. The third-order valence-corrected chi connectivity index (χ3v) is 5.80. The zero-order valence-electron chi connectivity index (χ0n) is 16.6. The summed E-state index contributed by atoms with van der Waals surface area (Å²) in [6.07, 6.45) is 0. The lowest BCUT2D eigenvalue weighted by atomic mass is 9.80. The van der Waals surface area contributed by atoms with Crippen LogP contribution in [-0.4, -0.2) is 44.0 Å². The number of hydrogen-bond acceptors (Lipinski definition) is 4. The molecule has 0 unspecified atom stereocenters. The van der Waals surface area contributed by atoms with Gasteiger partial charge in [0, 0.05) is 44.2 Å². The van der Waals surface area contributed by atoms with Crippen LogP contribution in [0.1, 0.15) is 11.1 Å². The minimum Gasteiger partial charge on any atom is -0.489 e. The maximum absolute atomic E-state index is 13.0. The predicted octanol–water partition coefficient (Wildman–Crippen LogP) is 2.88. The number of fused-ring (bicyclic) bond motifs is 1. The second-order valence-electron chi connectivity index (χ2n) is 7.75. The Bertz CT molecular complexity index is 806. The summed E-state index contributed by atoms with van der Waals surface area (Å²) in [7, 11) is 2.10. The van der Waals surface area contributed by atoms with Crippen LogP contribution in [0.2, 0.25) is 0 Å². The molecule has 0 saturated carbocycles. The van der Waals surface area contributed by atoms with Crippen molar-refractivity contribution in [2.45, 2.75) is 13.2 Å². The fourth-order valence-electron chi connectivity index (χ4n) is 4.37. The lowest BCUT2D eigenvalue weighted by molar-refractivity contribution is -0.130. The Balaban J connectivity index is 0.00000150. The summed E-state index contributed by atoms with van der Waals surface area (Å²) in [5, 5.41) is 6.58. The Labute approximate surface area is 185 Å². The van der Waals surface area contributed by atoms with Crippen molar-refractivity contribution in [2.75, 3.05) is 33.2 Å². The van der Waals surface area contributed by atoms with E-state index < -0.39 is 0 Å². The highest BCUT2D eigenvalue weighted by Gasteiger charge is 2.53. The van der Waals surface area contributed by atoms with Gasteiger partial charge in [0.25, 0.3) is 0 Å². The lowest BCUT2D eigenvalue weighted by Gasteiger charge is -2.26. The van der Waals surface area contributed by atoms with E-state index in [2.05, 4.69) is 22.6 Å². The van der Waals surface area contributed by atoms with Gasteiger partial charge in [0.1, 0.15) is 12.4 Å². The Kier molecular flexibility index (Phi) is 8.34. The molecule has 2 aliphatic rings. The summed E-state index contributed by atoms with van der Waals surface area (Å²) >= 11 is 0. The number of rotatable bonds is 6. The van der Waals surface area contributed by atoms with Crippen LogP contribution in [-0.2, 0) is 17.9 Å². The molecule has 29 heavy (non-hydrogen) atoms. The molecule has 0 radical (unpaired) electrons. The number of likely N-dealkylation sites (tertiary alicyclic amines) is 1. The van der Waals surface area contributed by atoms with Crippen LogP contribution in [0, 0.1) is 11.3 Å². The van der Waals surface area contributed by atoms with E-state index in [1.807, 2.05) is 54.6 Å². The van der Waals surface area contributed by atoms with Gasteiger partial charge in [0.2, 0.25) is 5.91 Å². The SMILES string of the molecule is CN1C[C@H]2CNC[C@@]2(C(=O)NCc2ccccc2OCc2ccccc2)C1.Cl.Cl. The number of para-hydroxylation sites is 1. The van der Waals surface area contributed by atoms with Gasteiger partial charge in [0.05, 0.1) is 5.41 Å². The van der Waals surface area contributed by atoms with Crippen LogP contribution in [0.4, 0.5) is 0 Å². The molecule has 0 aliphatic carbocycles. The highest BCUT2D eigenvalue weighted by molar-refractivity contribution is 5.86. The van der Waals surface area contributed by atoms with E-state index in [1.165, 1.54) is 0 Å². The summed E-state index contributed by atoms with van der Waals surface area (Å²) < 4.78 is 6.01. The maximum Gasteiger partial charge on any atom is 0.229 e. The van der Waals surface area contributed by atoms with Crippen molar-refractivity contribution in [2.24, 2.45) is 11.3 Å². The lowest BCUT2D eigenvalue weighted by Crippen LogP contribution is -2.46. The molecule has 2 aromatic rings. The Morgan fingerprint density at radius 3 is 2.69 bits per heavy atom. The summed E-state index contributed by atoms with van der Waals surface area (Å²) in [5.74, 6) is 1.37. The van der Waals surface area contributed by atoms with Gasteiger partial charge in [-0.2, -0.15) is 0 Å². The average molecular weight is 438 g/mol. The Morgan fingerprint density at radius 1 is 1.17 bits per heavy atom. The zero-order chi connectivity index (χ0) is 18.7. The molecule has 158 valence electrons. The number of nitrogens with zero attached hydrogens (tertiary/aromatic N) is 1. The quantitative estimate of drug-likeness (QED) is 0.729. The molecule has 7 heteroatoms. The van der Waals surface area contributed by atoms with Crippen molar-refractivity contribution in [3.05, 3.63) is 65.7 Å². The minimum atomic E-state index is -0.297. The Hall–Kier alpha value is -1.79. The molecule has 0 aromatic heterocycles. The van der Waals surface area contributed by atoms with Crippen LogP contribution < -0.4 is 15.4 Å². The normalized spacial score (nSPS) is 22.9. The molecule has 2 fully saturated rings. The van der Waals surface area contributed by atoms with Gasteiger partial charge in [-0.15, -0.1) is 24.8 Å². The molecule has 0 spiro atoms. The van der Waals surface area contributed by atoms with Gasteiger partial charge in [-0.05, 0) is 18.7 Å². The van der Waals surface area contributed by atoms with E-state index in [0.717, 1.165) is 43.1 Å². The Morgan fingerprint density at radius 2 is 1.90 bits per heavy atom. The molecule has 2 heterocycles. The number of ether oxygens (including phenoxy) is 1. The molecule has 2 saturated heterocycles. The third kappa shape index (κ3) is 5.04. The molecule has 0 bridgehead atoms. The number of halogens is 2. The summed E-state index contributed by atoms with van der Waals surface area (Å²) in [6.45, 7) is 4.50. The van der Waals surface area contributed by atoms with Crippen LogP contribution in [0.3, 0.4) is 0 Å². The zero-order valence-corrected chi connectivity index (χ0v) is 18.2. The summed E-state index contributed by atoms with van der Waals surface area (Å²) in [6, 6.07) is 18.0. The standard InChI is InChI=1S/C22H27N3O2.2ClH/c1-25-13-19-12-23-15-22(19,16-25)21(26)24-11-18-9-5-6-10-20(18)27-14-17-7-3-2-4-8-17;;/h2-10,19,23H,11-16H2,1H3,(H,24,26);2*1H/t19-,22-;;/m1../s1. The molecule has 4 rings (SSSR count). The van der Waals surface area contributed by atoms with Crippen molar-refractivity contribution < 1.29 is 9.53 Å². The van der Waals surface area contributed by atoms with Gasteiger partial charge < -0.3 is 20.3 Å². The smallest absolute Gasteiger partial charge is 0.229 e. The van der Waals surface area contributed by atoms with Gasteiger partial charge in [-0.3, -0.25) is 4.79 Å². The van der Waals surface area contributed by atoms with Crippen LogP contribution in [0.25, 0.3) is 0 Å². The molecule has 2 N–H and O–H groups in total. The molecule has 2 aromatic carbocycles. The number of carbonyl (C=O) groups excluding carboxylic acids is 1. The summed E-state index contributed by atoms with van der Waals surface area (Å²) in [5.41, 5.74) is 1.84. The van der Waals surface area contributed by atoms with Crippen molar-refractivity contribution in [1.82, 2.24) is 15.5 Å². The van der Waals surface area contributed by atoms with Gasteiger partial charge in [-0.25, -0.2) is 0 Å². The molecule has 2 atom stereocenters. The first-order valence-electron chi connectivity index (χ1n) is 9.59. The van der Waals surface area contributed by atoms with Crippen molar-refractivity contribution in [3.63, 3.8) is 0 Å². The maximum atomic E-state index is 13.0. The first-order chi connectivity index (χ1) is 13.2. The van der Waals surface area contributed by atoms with Crippen molar-refractivity contribution in [1.29, 1.82) is 0 Å². The third-order valence-electron chi connectivity index (χ3n) is 5.80. The number of carbonyl (C=O) groups is 1. The largest absolute Gasteiger partial charge is 0.489 e. The number of amides is 1. The molecule has 2 aliphatic heterocycles. The van der Waals surface area contributed by atoms with Gasteiger partial charge >= 0.3 is 0 Å². The fourth-order valence-corrected chi connectivity index (χ4v) is 4.37. The van der Waals surface area contributed by atoms with Crippen LogP contribution >= 0.6 is 24.8 Å². The van der Waals surface area contributed by atoms with E-state index in [4.69, 9.17) is 4.74 Å². The number of nitrogens with one attached hydrogen (secondary N) is 2. The fraction of sp³-hybridized carbons (Fsp3) is 0.409. The number of benzene rings is 2. The first-order valence-corrected chi connectivity index (χ1v) is 9.59. The van der Waals surface area contributed by atoms with Crippen molar-refractivity contribution in [3.8, 4) is 5.75 Å². The second-order valence-corrected chi connectivity index (χ2v) is 7.75. The van der Waals surface area contributed by atoms with E-state index in [0.29, 0.717) is 19.1 Å². The van der Waals surface area contributed by atoms with E-state index >= 15 is 0 Å². The molecular weight excluding hydrogens is 409 g/mol. The predicted molar refractivity (Wildman–Crippen MR) is 120 cm³/mol. The van der Waals surface area contributed by atoms with E-state index in [-0.39, 0.29) is 36.1 Å². The van der Waals surface area contributed by atoms with Gasteiger partial charge in [-0.1, -0.05) is 48.5 Å². The topological polar surface area (TPSA) is 53.6 Å². The molecule has 5 nitrogen and oxygen atoms in total. The monoisotopic (exact) mass is 437 g/mol. The molecular formula is C22H29Cl2N3O2. The number of hydrogen-bond donors (Lipinski definition) is 2. The van der Waals surface area contributed by atoms with E-state index in [1.54, 1.807) is 0 Å². The summed E-state index contributed by atoms with van der Waals surface area (Å²) in [4.78, 5) is 15.3. The average Bonchev–Trinajstić information content (AvgIpc) is 3.23. The van der Waals surface area contributed by atoms with Crippen LogP contribution in [0.15, 0.2) is 54.6 Å². The van der Waals surface area contributed by atoms with Crippen LogP contribution in [0.5, 0.6) is 5.75 Å². The molecule has 1 amide bonds. The van der Waals surface area contributed by atoms with Crippen molar-refractivity contribution >= 4 is 30.7 Å². The minimum absolute atomic E-state index is 0. The first kappa shape index (κ1) is 23.5. The highest BCUT2D eigenvalue weighted by Crippen LogP contribution is 2.38. The van der Waals surface area contributed by atoms with E-state index in [9.17, 15) is 4.79 Å². The highest BCUT2D eigenvalue weighted by atomic mass is 35.5. The van der Waals surface area contributed by atoms with Gasteiger partial charge in [0.15, 0.2) is 0 Å².